The van der Waals surface area contributed by atoms with Crippen LogP contribution in [-0.2, 0) is 27.2 Å². The Morgan fingerprint density at radius 3 is 2.85 bits per heavy atom. The monoisotopic (exact) mass is 554 g/mol. The predicted octanol–water partition coefficient (Wildman–Crippen LogP) is 4.72. The largest absolute Gasteiger partial charge is 0.495 e. The zero-order valence-electron chi connectivity index (χ0n) is 21.3. The summed E-state index contributed by atoms with van der Waals surface area (Å²) >= 11 is 1.39. The Morgan fingerprint density at radius 1 is 1.26 bits per heavy atom. The molecule has 2 aromatic carbocycles. The first-order chi connectivity index (χ1) is 18.9. The topological polar surface area (TPSA) is 127 Å². The zero-order chi connectivity index (χ0) is 27.5. The first kappa shape index (κ1) is 26.6. The second kappa shape index (κ2) is 11.4. The quantitative estimate of drug-likeness (QED) is 0.286. The normalized spacial score (nSPS) is 17.1. The van der Waals surface area contributed by atoms with E-state index in [4.69, 9.17) is 19.0 Å². The number of methoxy groups -OCH3 is 2. The number of amides is 1. The minimum absolute atomic E-state index is 0.00909. The highest BCUT2D eigenvalue weighted by Crippen LogP contribution is 2.37. The fourth-order valence-corrected chi connectivity index (χ4v) is 5.66. The van der Waals surface area contributed by atoms with Gasteiger partial charge in [0.05, 0.1) is 37.8 Å². The predicted molar refractivity (Wildman–Crippen MR) is 142 cm³/mol. The highest BCUT2D eigenvalue weighted by Gasteiger charge is 2.38. The van der Waals surface area contributed by atoms with Crippen LogP contribution in [0.2, 0.25) is 0 Å². The number of ether oxygens (including phenoxy) is 2. The van der Waals surface area contributed by atoms with Crippen LogP contribution >= 0.6 is 11.3 Å². The molecular formula is C27H27FN4O6S. The third-order valence-electron chi connectivity index (χ3n) is 6.63. The molecule has 0 unspecified atom stereocenters. The lowest BCUT2D eigenvalue weighted by Crippen LogP contribution is -2.33. The number of halogens is 1. The molecule has 2 aromatic heterocycles. The first-order valence-corrected chi connectivity index (χ1v) is 13.1. The van der Waals surface area contributed by atoms with Gasteiger partial charge in [0.1, 0.15) is 16.3 Å². The number of para-hydroxylation sites is 2. The van der Waals surface area contributed by atoms with Crippen LogP contribution in [0.3, 0.4) is 0 Å². The fourth-order valence-electron chi connectivity index (χ4n) is 4.62. The number of aromatic nitrogens is 2. The van der Waals surface area contributed by atoms with Crippen LogP contribution in [0.25, 0.3) is 11.1 Å². The maximum atomic E-state index is 15.5. The van der Waals surface area contributed by atoms with Gasteiger partial charge >= 0.3 is 5.97 Å². The summed E-state index contributed by atoms with van der Waals surface area (Å²) in [4.78, 5) is 35.6. The maximum absolute atomic E-state index is 15.5. The molecule has 0 saturated carbocycles. The summed E-state index contributed by atoms with van der Waals surface area (Å²) < 4.78 is 32.0. The average Bonchev–Trinajstić information content (AvgIpc) is 3.67. The SMILES string of the molecule is COc1ccccc1Nc1nc2ccc(CC(=O)N3C[C@@H](OC)C[C@H]3c3ncc(CCC(=O)O)s3)c(F)c2o1. The number of likely N-dealkylation sites (tertiary alicyclic amines) is 1. The molecule has 39 heavy (non-hydrogen) atoms. The maximum Gasteiger partial charge on any atom is 0.303 e. The van der Waals surface area contributed by atoms with Gasteiger partial charge in [-0.1, -0.05) is 18.2 Å². The number of carboxylic acids is 1. The van der Waals surface area contributed by atoms with Crippen molar-refractivity contribution in [2.75, 3.05) is 26.1 Å². The van der Waals surface area contributed by atoms with Crippen molar-refractivity contribution >= 4 is 46.0 Å². The van der Waals surface area contributed by atoms with E-state index in [2.05, 4.69) is 15.3 Å². The van der Waals surface area contributed by atoms with Gasteiger partial charge in [0, 0.05) is 36.7 Å². The van der Waals surface area contributed by atoms with Crippen molar-refractivity contribution in [3.8, 4) is 5.75 Å². The number of oxazole rings is 1. The van der Waals surface area contributed by atoms with E-state index < -0.39 is 11.8 Å². The van der Waals surface area contributed by atoms with E-state index in [1.54, 1.807) is 43.5 Å². The van der Waals surface area contributed by atoms with E-state index in [9.17, 15) is 9.59 Å². The van der Waals surface area contributed by atoms with Crippen LogP contribution < -0.4 is 10.1 Å². The van der Waals surface area contributed by atoms with Gasteiger partial charge < -0.3 is 29.2 Å². The fraction of sp³-hybridized carbons (Fsp3) is 0.333. The van der Waals surface area contributed by atoms with E-state index in [1.165, 1.54) is 17.4 Å². The zero-order valence-corrected chi connectivity index (χ0v) is 22.2. The number of carboxylic acid groups (broad SMARTS) is 1. The number of nitrogens with zero attached hydrogens (tertiary/aromatic N) is 3. The molecule has 2 N–H and O–H groups in total. The third-order valence-corrected chi connectivity index (χ3v) is 7.78. The molecule has 5 rings (SSSR count). The lowest BCUT2D eigenvalue weighted by Gasteiger charge is -2.23. The molecule has 2 atom stereocenters. The minimum atomic E-state index is -0.879. The second-order valence-electron chi connectivity index (χ2n) is 9.12. The number of carbonyl (C=O) groups is 2. The van der Waals surface area contributed by atoms with Gasteiger partial charge in [0.25, 0.3) is 6.01 Å². The third kappa shape index (κ3) is 5.71. The van der Waals surface area contributed by atoms with Crippen LogP contribution in [-0.4, -0.2) is 58.7 Å². The van der Waals surface area contributed by atoms with Crippen LogP contribution in [0, 0.1) is 5.82 Å². The summed E-state index contributed by atoms with van der Waals surface area (Å²) in [5.41, 5.74) is 1.07. The number of fused-ring (bicyclic) bond motifs is 1. The van der Waals surface area contributed by atoms with Crippen molar-refractivity contribution < 1.29 is 33.0 Å². The summed E-state index contributed by atoms with van der Waals surface area (Å²) in [5.74, 6) is -1.22. The smallest absolute Gasteiger partial charge is 0.303 e. The minimum Gasteiger partial charge on any atom is -0.495 e. The Morgan fingerprint density at radius 2 is 2.08 bits per heavy atom. The van der Waals surface area contributed by atoms with Crippen LogP contribution in [0.15, 0.2) is 47.0 Å². The molecule has 1 aliphatic heterocycles. The highest BCUT2D eigenvalue weighted by atomic mass is 32.1. The Labute approximate surface area is 227 Å². The molecular weight excluding hydrogens is 527 g/mol. The highest BCUT2D eigenvalue weighted by molar-refractivity contribution is 7.11. The number of aliphatic carboxylic acids is 1. The van der Waals surface area contributed by atoms with Crippen molar-refractivity contribution in [1.29, 1.82) is 0 Å². The molecule has 1 amide bonds. The van der Waals surface area contributed by atoms with Crippen molar-refractivity contribution in [3.05, 3.63) is 63.9 Å². The Balaban J connectivity index is 1.34. The molecule has 1 saturated heterocycles. The molecule has 10 nitrogen and oxygen atoms in total. The first-order valence-electron chi connectivity index (χ1n) is 12.3. The molecule has 1 aliphatic rings. The summed E-state index contributed by atoms with van der Waals surface area (Å²) in [7, 11) is 3.13. The van der Waals surface area contributed by atoms with Gasteiger partial charge in [0.2, 0.25) is 5.91 Å². The number of benzene rings is 2. The number of hydrogen-bond donors (Lipinski definition) is 2. The Bertz CT molecular complexity index is 1500. The van der Waals surface area contributed by atoms with E-state index in [-0.39, 0.29) is 48.1 Å². The Kier molecular flexibility index (Phi) is 7.75. The standard InChI is InChI=1S/C27H27FN4O6S/c1-36-16-12-20(26-29-13-17(39-26)8-10-23(34)35)32(14-16)22(33)11-15-7-9-19-25(24(15)28)38-27(31-19)30-18-5-3-4-6-21(18)37-2/h3-7,9,13,16,20H,8,10-12,14H2,1-2H3,(H,30,31)(H,34,35)/t16-,20-/m0/s1. The number of hydrogen-bond acceptors (Lipinski definition) is 9. The molecule has 0 aliphatic carbocycles. The number of nitrogens with one attached hydrogen (secondary N) is 1. The molecule has 4 aromatic rings. The number of thiazole rings is 1. The summed E-state index contributed by atoms with van der Waals surface area (Å²) in [5, 5.41) is 12.7. The molecule has 0 bridgehead atoms. The van der Waals surface area contributed by atoms with Gasteiger partial charge in [-0.25, -0.2) is 9.37 Å². The summed E-state index contributed by atoms with van der Waals surface area (Å²) in [6.45, 7) is 0.350. The van der Waals surface area contributed by atoms with Crippen LogP contribution in [0.5, 0.6) is 5.75 Å². The average molecular weight is 555 g/mol. The van der Waals surface area contributed by atoms with Gasteiger partial charge in [-0.05, 0) is 24.6 Å². The second-order valence-corrected chi connectivity index (χ2v) is 10.3. The number of carbonyl (C=O) groups excluding carboxylic acids is 1. The molecule has 0 spiro atoms. The van der Waals surface area contributed by atoms with Crippen molar-refractivity contribution in [2.24, 2.45) is 0 Å². The summed E-state index contributed by atoms with van der Waals surface area (Å²) in [6, 6.07) is 10.1. The van der Waals surface area contributed by atoms with Crippen molar-refractivity contribution in [1.82, 2.24) is 14.9 Å². The molecule has 12 heteroatoms. The lowest BCUT2D eigenvalue weighted by atomic mass is 10.1. The summed E-state index contributed by atoms with van der Waals surface area (Å²) in [6.07, 6.45) is 2.22. The van der Waals surface area contributed by atoms with Crippen molar-refractivity contribution in [2.45, 2.75) is 37.8 Å². The molecule has 204 valence electrons. The van der Waals surface area contributed by atoms with Gasteiger partial charge in [-0.3, -0.25) is 9.59 Å². The van der Waals surface area contributed by atoms with Gasteiger partial charge in [-0.2, -0.15) is 4.98 Å². The number of aryl methyl sites for hydroxylation is 1. The molecule has 1 fully saturated rings. The molecule has 0 radical (unpaired) electrons. The number of rotatable bonds is 10. The number of anilines is 2. The van der Waals surface area contributed by atoms with Crippen molar-refractivity contribution in [3.63, 3.8) is 0 Å². The van der Waals surface area contributed by atoms with Crippen LogP contribution in [0.4, 0.5) is 16.1 Å². The van der Waals surface area contributed by atoms with Gasteiger partial charge in [-0.15, -0.1) is 11.3 Å². The Hall–Kier alpha value is -4.03. The van der Waals surface area contributed by atoms with E-state index in [1.807, 2.05) is 12.1 Å². The lowest BCUT2D eigenvalue weighted by molar-refractivity contribution is -0.137. The van der Waals surface area contributed by atoms with E-state index >= 15 is 4.39 Å². The van der Waals surface area contributed by atoms with Gasteiger partial charge in [0.15, 0.2) is 11.4 Å². The molecule has 3 heterocycles. The van der Waals surface area contributed by atoms with E-state index in [0.717, 1.165) is 4.88 Å². The van der Waals surface area contributed by atoms with Crippen LogP contribution in [0.1, 0.15) is 34.3 Å². The van der Waals surface area contributed by atoms with E-state index in [0.29, 0.717) is 41.3 Å².